The third kappa shape index (κ3) is 3.81. The Hall–Kier alpha value is -3.42. The zero-order valence-electron chi connectivity index (χ0n) is 17.8. The summed E-state index contributed by atoms with van der Waals surface area (Å²) < 4.78 is 1.84. The van der Waals surface area contributed by atoms with Crippen molar-refractivity contribution >= 4 is 17.8 Å². The molecule has 8 heteroatoms. The number of carbonyl (C=O) groups is 3. The quantitative estimate of drug-likeness (QED) is 0.725. The number of nitrogens with one attached hydrogen (secondary N) is 1. The average Bonchev–Trinajstić information content (AvgIpc) is 3.06. The van der Waals surface area contributed by atoms with E-state index in [0.29, 0.717) is 19.6 Å². The number of amides is 4. The molecule has 4 heterocycles. The summed E-state index contributed by atoms with van der Waals surface area (Å²) in [5.41, 5.74) is 1.90. The maximum atomic E-state index is 12.9. The average molecular weight is 434 g/mol. The molecule has 1 aromatic heterocycles. The Morgan fingerprint density at radius 2 is 1.78 bits per heavy atom. The molecule has 3 atom stereocenters. The molecule has 2 bridgehead atoms. The lowest BCUT2D eigenvalue weighted by molar-refractivity contribution is -0.134. The number of piperidine rings is 1. The Bertz CT molecular complexity index is 1110. The van der Waals surface area contributed by atoms with Crippen LogP contribution in [0.1, 0.15) is 36.4 Å². The molecule has 1 aromatic carbocycles. The Balaban J connectivity index is 1.19. The Morgan fingerprint density at radius 3 is 2.59 bits per heavy atom. The van der Waals surface area contributed by atoms with Gasteiger partial charge in [-0.1, -0.05) is 36.4 Å². The molecule has 1 N–H and O–H groups in total. The normalized spacial score (nSPS) is 24.3. The Labute approximate surface area is 185 Å². The Morgan fingerprint density at radius 1 is 0.969 bits per heavy atom. The standard InChI is InChI=1S/C24H26N4O4/c29-21(26-12-17-11-18(15-26)20-7-4-8-22(30)27(20)14-17)10-9-19-23(31)28(24(32)25-19)13-16-5-2-1-3-6-16/h1-8,17-19H,9-15H2,(H,25,32)/t17-,18+,19-/m1/s1. The summed E-state index contributed by atoms with van der Waals surface area (Å²) in [4.78, 5) is 53.2. The molecule has 2 saturated heterocycles. The predicted octanol–water partition coefficient (Wildman–Crippen LogP) is 1.69. The summed E-state index contributed by atoms with van der Waals surface area (Å²) in [5.74, 6) is 0.138. The van der Waals surface area contributed by atoms with E-state index in [0.717, 1.165) is 17.7 Å². The molecule has 5 rings (SSSR count). The number of benzene rings is 1. The van der Waals surface area contributed by atoms with Crippen molar-refractivity contribution < 1.29 is 14.4 Å². The molecule has 166 valence electrons. The van der Waals surface area contributed by atoms with E-state index in [4.69, 9.17) is 0 Å². The van der Waals surface area contributed by atoms with Crippen LogP contribution in [-0.4, -0.2) is 51.3 Å². The van der Waals surface area contributed by atoms with E-state index in [1.54, 1.807) is 12.1 Å². The lowest BCUT2D eigenvalue weighted by atomic mass is 9.83. The molecule has 4 amide bonds. The number of urea groups is 1. The number of rotatable bonds is 5. The van der Waals surface area contributed by atoms with Crippen LogP contribution in [0.15, 0.2) is 53.3 Å². The maximum Gasteiger partial charge on any atom is 0.325 e. The largest absolute Gasteiger partial charge is 0.342 e. The third-order valence-corrected chi connectivity index (χ3v) is 6.77. The number of imide groups is 1. The van der Waals surface area contributed by atoms with Gasteiger partial charge in [-0.2, -0.15) is 0 Å². The fourth-order valence-corrected chi connectivity index (χ4v) is 5.21. The highest BCUT2D eigenvalue weighted by molar-refractivity contribution is 6.04. The molecule has 0 unspecified atom stereocenters. The molecule has 0 saturated carbocycles. The van der Waals surface area contributed by atoms with Crippen LogP contribution in [0.25, 0.3) is 0 Å². The third-order valence-electron chi connectivity index (χ3n) is 6.77. The molecular formula is C24H26N4O4. The summed E-state index contributed by atoms with van der Waals surface area (Å²) >= 11 is 0. The molecule has 3 aliphatic rings. The smallest absolute Gasteiger partial charge is 0.325 e. The van der Waals surface area contributed by atoms with Crippen molar-refractivity contribution in [1.82, 2.24) is 19.7 Å². The molecule has 0 aliphatic carbocycles. The van der Waals surface area contributed by atoms with Crippen molar-refractivity contribution in [3.8, 4) is 0 Å². The van der Waals surface area contributed by atoms with E-state index in [9.17, 15) is 19.2 Å². The summed E-state index contributed by atoms with van der Waals surface area (Å²) in [5, 5.41) is 2.72. The molecule has 8 nitrogen and oxygen atoms in total. The number of aromatic nitrogens is 1. The number of pyridine rings is 1. The van der Waals surface area contributed by atoms with Crippen molar-refractivity contribution in [3.05, 3.63) is 70.1 Å². The number of hydrogen-bond donors (Lipinski definition) is 1. The second kappa shape index (κ2) is 8.26. The van der Waals surface area contributed by atoms with Gasteiger partial charge >= 0.3 is 6.03 Å². The highest BCUT2D eigenvalue weighted by Gasteiger charge is 2.39. The summed E-state index contributed by atoms with van der Waals surface area (Å²) in [6.45, 7) is 2.08. The second-order valence-electron chi connectivity index (χ2n) is 8.95. The monoisotopic (exact) mass is 434 g/mol. The lowest BCUT2D eigenvalue weighted by Gasteiger charge is -2.42. The van der Waals surface area contributed by atoms with Crippen LogP contribution in [0.2, 0.25) is 0 Å². The Kier molecular flexibility index (Phi) is 5.28. The van der Waals surface area contributed by atoms with Crippen molar-refractivity contribution in [2.45, 2.75) is 44.3 Å². The van der Waals surface area contributed by atoms with Gasteiger partial charge in [-0.05, 0) is 30.4 Å². The second-order valence-corrected chi connectivity index (χ2v) is 8.95. The number of nitrogens with zero attached hydrogens (tertiary/aromatic N) is 3. The fraction of sp³-hybridized carbons (Fsp3) is 0.417. The van der Waals surface area contributed by atoms with Crippen molar-refractivity contribution in [1.29, 1.82) is 0 Å². The van der Waals surface area contributed by atoms with Gasteiger partial charge in [0.1, 0.15) is 6.04 Å². The highest BCUT2D eigenvalue weighted by Crippen LogP contribution is 2.35. The minimum atomic E-state index is -0.668. The van der Waals surface area contributed by atoms with E-state index in [-0.39, 0.29) is 48.6 Å². The minimum absolute atomic E-state index is 0.00464. The summed E-state index contributed by atoms with van der Waals surface area (Å²) in [6, 6.07) is 13.6. The predicted molar refractivity (Wildman–Crippen MR) is 117 cm³/mol. The van der Waals surface area contributed by atoms with E-state index in [2.05, 4.69) is 5.32 Å². The number of likely N-dealkylation sites (tertiary alicyclic amines) is 1. The van der Waals surface area contributed by atoms with Crippen LogP contribution in [0.5, 0.6) is 0 Å². The minimum Gasteiger partial charge on any atom is -0.342 e. The van der Waals surface area contributed by atoms with Gasteiger partial charge in [-0.25, -0.2) is 4.79 Å². The van der Waals surface area contributed by atoms with Crippen LogP contribution in [0, 0.1) is 5.92 Å². The van der Waals surface area contributed by atoms with E-state index < -0.39 is 12.1 Å². The van der Waals surface area contributed by atoms with Gasteiger partial charge in [0.05, 0.1) is 6.54 Å². The van der Waals surface area contributed by atoms with Gasteiger partial charge in [0.2, 0.25) is 5.91 Å². The number of carbonyl (C=O) groups excluding carboxylic acids is 3. The summed E-state index contributed by atoms with van der Waals surface area (Å²) in [6.07, 6.45) is 1.48. The SMILES string of the molecule is O=C(CC[C@H]1NC(=O)N(Cc2ccccc2)C1=O)N1C[C@H]2C[C@@H](C1)c1cccc(=O)n1C2. The van der Waals surface area contributed by atoms with Crippen molar-refractivity contribution in [2.75, 3.05) is 13.1 Å². The molecule has 32 heavy (non-hydrogen) atoms. The van der Waals surface area contributed by atoms with Crippen LogP contribution in [-0.2, 0) is 22.7 Å². The zero-order chi connectivity index (χ0) is 22.2. The first-order valence-electron chi connectivity index (χ1n) is 11.1. The first kappa shape index (κ1) is 20.5. The van der Waals surface area contributed by atoms with Gasteiger partial charge in [0, 0.05) is 43.7 Å². The van der Waals surface area contributed by atoms with Crippen molar-refractivity contribution in [3.63, 3.8) is 0 Å². The van der Waals surface area contributed by atoms with E-state index in [1.807, 2.05) is 45.9 Å². The first-order valence-corrected chi connectivity index (χ1v) is 11.1. The topological polar surface area (TPSA) is 91.7 Å². The van der Waals surface area contributed by atoms with Gasteiger partial charge in [-0.15, -0.1) is 0 Å². The number of fused-ring (bicyclic) bond motifs is 4. The van der Waals surface area contributed by atoms with Crippen LogP contribution < -0.4 is 10.9 Å². The van der Waals surface area contributed by atoms with Crippen LogP contribution in [0.3, 0.4) is 0 Å². The van der Waals surface area contributed by atoms with Crippen LogP contribution >= 0.6 is 0 Å². The van der Waals surface area contributed by atoms with Gasteiger partial charge in [0.15, 0.2) is 0 Å². The maximum absolute atomic E-state index is 12.9. The van der Waals surface area contributed by atoms with E-state index in [1.165, 1.54) is 4.90 Å². The van der Waals surface area contributed by atoms with Gasteiger partial charge in [0.25, 0.3) is 11.5 Å². The molecule has 0 spiro atoms. The van der Waals surface area contributed by atoms with E-state index >= 15 is 0 Å². The molecule has 2 aromatic rings. The lowest BCUT2D eigenvalue weighted by Crippen LogP contribution is -2.49. The molecule has 2 fully saturated rings. The molecular weight excluding hydrogens is 408 g/mol. The highest BCUT2D eigenvalue weighted by atomic mass is 16.2. The zero-order valence-corrected chi connectivity index (χ0v) is 17.8. The van der Waals surface area contributed by atoms with Gasteiger partial charge in [-0.3, -0.25) is 19.3 Å². The molecule has 3 aliphatic heterocycles. The summed E-state index contributed by atoms with van der Waals surface area (Å²) in [7, 11) is 0. The molecule has 0 radical (unpaired) electrons. The van der Waals surface area contributed by atoms with Crippen molar-refractivity contribution in [2.24, 2.45) is 5.92 Å². The number of hydrogen-bond acceptors (Lipinski definition) is 4. The fourth-order valence-electron chi connectivity index (χ4n) is 5.21. The van der Waals surface area contributed by atoms with Crippen LogP contribution in [0.4, 0.5) is 4.79 Å². The first-order chi connectivity index (χ1) is 15.5. The van der Waals surface area contributed by atoms with Gasteiger partial charge < -0.3 is 14.8 Å².